The maximum absolute atomic E-state index is 16.2. The van der Waals surface area contributed by atoms with E-state index < -0.39 is 11.9 Å². The van der Waals surface area contributed by atoms with Crippen LogP contribution in [-0.4, -0.2) is 26.6 Å². The number of rotatable bonds is 4. The van der Waals surface area contributed by atoms with E-state index in [0.717, 1.165) is 22.3 Å². The van der Waals surface area contributed by atoms with E-state index >= 15 is 8.63 Å². The lowest BCUT2D eigenvalue weighted by molar-refractivity contribution is -0.385. The van der Waals surface area contributed by atoms with Crippen molar-refractivity contribution in [3.05, 3.63) is 77.7 Å². The number of hydrogen-bond acceptors (Lipinski definition) is 2. The molecule has 168 valence electrons. The van der Waals surface area contributed by atoms with Crippen LogP contribution in [0.2, 0.25) is 0 Å². The molecule has 0 saturated carbocycles. The summed E-state index contributed by atoms with van der Waals surface area (Å²) in [7, 11) is 0. The number of allylic oxidation sites excluding steroid dienone is 2. The summed E-state index contributed by atoms with van der Waals surface area (Å²) in [5.41, 5.74) is 6.89. The molecule has 2 aromatic rings. The van der Waals surface area contributed by atoms with E-state index in [4.69, 9.17) is 0 Å². The number of aromatic nitrogens is 1. The van der Waals surface area contributed by atoms with E-state index in [0.29, 0.717) is 51.2 Å². The lowest BCUT2D eigenvalue weighted by Crippen LogP contribution is -2.51. The van der Waals surface area contributed by atoms with E-state index in [1.54, 1.807) is 19.9 Å². The second kappa shape index (κ2) is 7.51. The molecule has 2 aliphatic rings. The van der Waals surface area contributed by atoms with Crippen molar-refractivity contribution < 1.29 is 18.0 Å². The fourth-order valence-corrected chi connectivity index (χ4v) is 6.12. The van der Waals surface area contributed by atoms with Crippen LogP contribution in [0.4, 0.5) is 14.3 Å². The Labute approximate surface area is 194 Å². The highest BCUT2D eigenvalue weighted by molar-refractivity contribution is 9.10. The van der Waals surface area contributed by atoms with Gasteiger partial charge in [0, 0.05) is 45.9 Å². The van der Waals surface area contributed by atoms with Crippen molar-refractivity contribution in [3.63, 3.8) is 0 Å². The van der Waals surface area contributed by atoms with Gasteiger partial charge in [0.1, 0.15) is 5.71 Å². The van der Waals surface area contributed by atoms with Crippen molar-refractivity contribution in [1.82, 2.24) is 4.48 Å². The number of benzene rings is 1. The zero-order valence-electron chi connectivity index (χ0n) is 19.0. The molecule has 0 spiro atoms. The molecule has 5 nitrogen and oxygen atoms in total. The summed E-state index contributed by atoms with van der Waals surface area (Å²) in [6, 6.07) is 4.52. The molecule has 0 aliphatic carbocycles. The first-order valence-electron chi connectivity index (χ1n) is 10.7. The number of hydrogen-bond donors (Lipinski definition) is 0. The van der Waals surface area contributed by atoms with Gasteiger partial charge in [0.25, 0.3) is 5.69 Å². The Hall–Kier alpha value is -2.55. The van der Waals surface area contributed by atoms with Gasteiger partial charge in [-0.25, -0.2) is 0 Å². The van der Waals surface area contributed by atoms with Crippen LogP contribution in [-0.2, 0) is 6.42 Å². The molecule has 9 heteroatoms. The molecule has 0 N–H and O–H groups in total. The molecule has 32 heavy (non-hydrogen) atoms. The van der Waals surface area contributed by atoms with Crippen molar-refractivity contribution in [2.45, 2.75) is 54.4 Å². The summed E-state index contributed by atoms with van der Waals surface area (Å²) in [4.78, 5) is 10.8. The van der Waals surface area contributed by atoms with Crippen LogP contribution in [0.15, 0.2) is 39.5 Å². The first-order valence-corrected chi connectivity index (χ1v) is 11.5. The van der Waals surface area contributed by atoms with E-state index in [1.165, 1.54) is 21.1 Å². The molecule has 0 unspecified atom stereocenters. The Morgan fingerprint density at radius 1 is 1.16 bits per heavy atom. The van der Waals surface area contributed by atoms with Crippen molar-refractivity contribution in [3.8, 4) is 0 Å². The predicted molar refractivity (Wildman–Crippen MR) is 127 cm³/mol. The predicted octanol–water partition coefficient (Wildman–Crippen LogP) is 6.55. The molecule has 1 aromatic heterocycles. The first-order chi connectivity index (χ1) is 15.0. The summed E-state index contributed by atoms with van der Waals surface area (Å²) in [6.45, 7) is 7.14. The minimum absolute atomic E-state index is 0.0540. The van der Waals surface area contributed by atoms with Gasteiger partial charge in [0.05, 0.1) is 10.5 Å². The van der Waals surface area contributed by atoms with Crippen molar-refractivity contribution >= 4 is 39.9 Å². The van der Waals surface area contributed by atoms with Gasteiger partial charge in [-0.05, 0) is 72.4 Å². The van der Waals surface area contributed by atoms with Gasteiger partial charge in [-0.3, -0.25) is 10.1 Å². The average Bonchev–Trinajstić information content (AvgIpc) is 3.13. The molecule has 1 aromatic carbocycles. The van der Waals surface area contributed by atoms with Crippen LogP contribution < -0.4 is 0 Å². The standard InChI is InChI=1S/C23H25BBrF2N3O2/c1-7-17-12(3)22-21(19-10-9-16(30(31)32)11-20(19)25)23-13(4)18(8-2)15(6)29(23)24(26,27)28(22)14(17)5/h9-11H,7-8H2,1-6H3. The van der Waals surface area contributed by atoms with Gasteiger partial charge in [-0.1, -0.05) is 13.8 Å². The third-order valence-electron chi connectivity index (χ3n) is 6.93. The number of nitro groups is 1. The van der Waals surface area contributed by atoms with E-state index in [2.05, 4.69) is 15.9 Å². The molecule has 0 atom stereocenters. The third kappa shape index (κ3) is 2.83. The molecule has 0 bridgehead atoms. The number of halogens is 3. The monoisotopic (exact) mass is 503 g/mol. The van der Waals surface area contributed by atoms with Gasteiger partial charge in [-0.2, -0.15) is 0 Å². The quantitative estimate of drug-likeness (QED) is 0.270. The van der Waals surface area contributed by atoms with E-state index in [9.17, 15) is 10.1 Å². The molecular formula is C23H25BBrF2N3O2. The van der Waals surface area contributed by atoms with E-state index in [1.807, 2.05) is 27.7 Å². The minimum atomic E-state index is -4.10. The fourth-order valence-electron chi connectivity index (χ4n) is 5.55. The van der Waals surface area contributed by atoms with Crippen molar-refractivity contribution in [2.75, 3.05) is 0 Å². The summed E-state index contributed by atoms with van der Waals surface area (Å²) in [5.74, 6) is 0. The number of fused-ring (bicyclic) bond motifs is 2. The highest BCUT2D eigenvalue weighted by Gasteiger charge is 2.56. The number of non-ortho nitro benzene ring substituents is 1. The van der Waals surface area contributed by atoms with Crippen LogP contribution in [0, 0.1) is 24.0 Å². The molecular weight excluding hydrogens is 479 g/mol. The van der Waals surface area contributed by atoms with Crippen molar-refractivity contribution in [2.24, 2.45) is 0 Å². The Bertz CT molecular complexity index is 1300. The molecule has 0 radical (unpaired) electrons. The van der Waals surface area contributed by atoms with Crippen LogP contribution >= 0.6 is 15.9 Å². The minimum Gasteiger partial charge on any atom is -0.393 e. The Balaban J connectivity index is 2.21. The molecule has 3 heterocycles. The summed E-state index contributed by atoms with van der Waals surface area (Å²) >= 11 is 3.49. The maximum Gasteiger partial charge on any atom is 0.737 e. The van der Waals surface area contributed by atoms with Crippen LogP contribution in [0.1, 0.15) is 62.2 Å². The van der Waals surface area contributed by atoms with Crippen molar-refractivity contribution in [1.29, 1.82) is 0 Å². The van der Waals surface area contributed by atoms with Crippen LogP contribution in [0.25, 0.3) is 5.57 Å². The second-order valence-corrected chi connectivity index (χ2v) is 9.26. The highest BCUT2D eigenvalue weighted by Crippen LogP contribution is 2.48. The largest absolute Gasteiger partial charge is 0.737 e. The number of nitrogens with zero attached hydrogens (tertiary/aromatic N) is 3. The highest BCUT2D eigenvalue weighted by atomic mass is 79.9. The zero-order valence-corrected chi connectivity index (χ0v) is 20.6. The van der Waals surface area contributed by atoms with Gasteiger partial charge in [0.15, 0.2) is 5.70 Å². The lowest BCUT2D eigenvalue weighted by atomic mass is 9.83. The van der Waals surface area contributed by atoms with E-state index in [-0.39, 0.29) is 5.69 Å². The van der Waals surface area contributed by atoms with Gasteiger partial charge >= 0.3 is 6.97 Å². The molecule has 0 amide bonds. The maximum atomic E-state index is 16.2. The van der Waals surface area contributed by atoms with Gasteiger partial charge < -0.3 is 17.6 Å². The van der Waals surface area contributed by atoms with Crippen LogP contribution in [0.3, 0.4) is 0 Å². The first kappa shape index (κ1) is 22.6. The SMILES string of the molecule is CCC1=C(C)C2=C(c3ccc([N+](=O)[O-])cc3Br)c3c(C)c(CC)c(C)n3[B-](F)(F)[N+]2=C1C. The summed E-state index contributed by atoms with van der Waals surface area (Å²) in [5, 5.41) is 11.3. The van der Waals surface area contributed by atoms with Gasteiger partial charge in [0.2, 0.25) is 0 Å². The Morgan fingerprint density at radius 2 is 1.81 bits per heavy atom. The van der Waals surface area contributed by atoms with Crippen LogP contribution in [0.5, 0.6) is 0 Å². The molecule has 0 saturated heterocycles. The Morgan fingerprint density at radius 3 is 2.34 bits per heavy atom. The fraction of sp³-hybridized carbons (Fsp3) is 0.348. The third-order valence-corrected chi connectivity index (χ3v) is 7.58. The summed E-state index contributed by atoms with van der Waals surface area (Å²) in [6.07, 6.45) is 1.29. The number of nitro benzene ring substituents is 1. The second-order valence-electron chi connectivity index (χ2n) is 8.41. The summed E-state index contributed by atoms with van der Waals surface area (Å²) < 4.78 is 35.3. The zero-order chi connectivity index (χ0) is 23.7. The molecule has 0 fully saturated rings. The molecule has 4 rings (SSSR count). The Kier molecular flexibility index (Phi) is 5.31. The average molecular weight is 504 g/mol. The van der Waals surface area contributed by atoms with Gasteiger partial charge in [-0.15, -0.1) is 0 Å². The normalized spacial score (nSPS) is 17.3. The topological polar surface area (TPSA) is 51.1 Å². The molecule has 2 aliphatic heterocycles. The lowest BCUT2D eigenvalue weighted by Gasteiger charge is -2.34. The smallest absolute Gasteiger partial charge is 0.393 e.